The number of aromatic nitrogens is 3. The van der Waals surface area contributed by atoms with Crippen LogP contribution in [0.2, 0.25) is 5.02 Å². The molecule has 5 aliphatic heterocycles. The van der Waals surface area contributed by atoms with E-state index in [1.54, 1.807) is 0 Å². The molecule has 5 aliphatic rings. The Morgan fingerprint density at radius 1 is 1.26 bits per heavy atom. The molecular formula is C32H33ClF5N7O2. The van der Waals surface area contributed by atoms with Crippen LogP contribution in [0.1, 0.15) is 50.2 Å². The number of alkyl halides is 3. The van der Waals surface area contributed by atoms with Gasteiger partial charge in [-0.3, -0.25) is 4.90 Å². The molecule has 2 unspecified atom stereocenters. The van der Waals surface area contributed by atoms with Crippen LogP contribution in [0.15, 0.2) is 18.0 Å². The Bertz CT molecular complexity index is 1840. The van der Waals surface area contributed by atoms with Crippen LogP contribution in [-0.4, -0.2) is 75.9 Å². The van der Waals surface area contributed by atoms with Crippen molar-refractivity contribution in [2.75, 3.05) is 36.9 Å². The van der Waals surface area contributed by atoms with Crippen molar-refractivity contribution in [2.24, 2.45) is 0 Å². The smallest absolute Gasteiger partial charge is 0.418 e. The first-order valence-corrected chi connectivity index (χ1v) is 16.2. The molecule has 1 aromatic carbocycles. The number of pyridine rings is 1. The van der Waals surface area contributed by atoms with Gasteiger partial charge in [0, 0.05) is 25.2 Å². The highest BCUT2D eigenvalue weighted by Gasteiger charge is 2.49. The summed E-state index contributed by atoms with van der Waals surface area (Å²) in [7, 11) is 0. The predicted molar refractivity (Wildman–Crippen MR) is 166 cm³/mol. The summed E-state index contributed by atoms with van der Waals surface area (Å²) in [4.78, 5) is 17.5. The Balaban J connectivity index is 1.35. The van der Waals surface area contributed by atoms with Crippen molar-refractivity contribution in [1.29, 1.82) is 0 Å². The number of nitrogens with one attached hydrogen (secondary N) is 1. The predicted octanol–water partition coefficient (Wildman–Crippen LogP) is 5.95. The average Bonchev–Trinajstić information content (AvgIpc) is 3.66. The van der Waals surface area contributed by atoms with Crippen molar-refractivity contribution in [3.63, 3.8) is 0 Å². The van der Waals surface area contributed by atoms with Gasteiger partial charge in [-0.1, -0.05) is 11.6 Å². The van der Waals surface area contributed by atoms with Crippen molar-refractivity contribution >= 4 is 34.1 Å². The van der Waals surface area contributed by atoms with Gasteiger partial charge in [0.15, 0.2) is 11.6 Å². The van der Waals surface area contributed by atoms with E-state index in [2.05, 4.69) is 25.1 Å². The molecule has 8 rings (SSSR count). The summed E-state index contributed by atoms with van der Waals surface area (Å²) in [5.74, 6) is -1.04. The van der Waals surface area contributed by atoms with Crippen molar-refractivity contribution in [3.8, 4) is 23.0 Å². The minimum atomic E-state index is -4.90. The molecule has 5 atom stereocenters. The van der Waals surface area contributed by atoms with Crippen LogP contribution >= 0.6 is 11.6 Å². The lowest BCUT2D eigenvalue weighted by molar-refractivity contribution is -0.137. The molecule has 15 heteroatoms. The molecule has 0 amide bonds. The lowest BCUT2D eigenvalue weighted by atomic mass is 9.94. The monoisotopic (exact) mass is 677 g/mol. The number of benzene rings is 1. The van der Waals surface area contributed by atoms with Gasteiger partial charge in [-0.25, -0.2) is 13.8 Å². The highest BCUT2D eigenvalue weighted by molar-refractivity contribution is 6.36. The fourth-order valence-electron chi connectivity index (χ4n) is 8.62. The van der Waals surface area contributed by atoms with Crippen LogP contribution in [0.3, 0.4) is 0 Å². The number of nitrogen functional groups attached to an aromatic ring is 1. The van der Waals surface area contributed by atoms with Gasteiger partial charge in [0.1, 0.15) is 29.9 Å². The second-order valence-electron chi connectivity index (χ2n) is 13.5. The van der Waals surface area contributed by atoms with E-state index in [9.17, 15) is 17.6 Å². The minimum Gasteiger partial charge on any atom is -0.486 e. The molecule has 4 fully saturated rings. The summed E-state index contributed by atoms with van der Waals surface area (Å²) in [5.41, 5.74) is 3.05. The third-order valence-corrected chi connectivity index (χ3v) is 10.9. The molecule has 3 N–H and O–H groups in total. The summed E-state index contributed by atoms with van der Waals surface area (Å²) in [6.07, 6.45) is -0.778. The maximum atomic E-state index is 17.0. The highest BCUT2D eigenvalue weighted by Crippen LogP contribution is 2.52. The Kier molecular flexibility index (Phi) is 7.06. The normalized spacial score (nSPS) is 29.3. The number of ether oxygens (including phenoxy) is 2. The summed E-state index contributed by atoms with van der Waals surface area (Å²) in [6.45, 7) is 5.04. The van der Waals surface area contributed by atoms with E-state index in [0.717, 1.165) is 38.3 Å². The van der Waals surface area contributed by atoms with Gasteiger partial charge < -0.3 is 25.4 Å². The number of nitrogens with zero attached hydrogens (tertiary/aromatic N) is 5. The Labute approximate surface area is 272 Å². The molecule has 2 aromatic heterocycles. The lowest BCUT2D eigenvalue weighted by Crippen LogP contribution is -2.62. The second kappa shape index (κ2) is 10.8. The summed E-state index contributed by atoms with van der Waals surface area (Å²) < 4.78 is 86.7. The van der Waals surface area contributed by atoms with Gasteiger partial charge in [-0.2, -0.15) is 23.1 Å². The molecular weight excluding hydrogens is 645 g/mol. The molecule has 0 radical (unpaired) electrons. The maximum absolute atomic E-state index is 17.0. The third kappa shape index (κ3) is 4.72. The minimum absolute atomic E-state index is 0.0264. The van der Waals surface area contributed by atoms with Crippen LogP contribution in [0.25, 0.3) is 22.2 Å². The van der Waals surface area contributed by atoms with Gasteiger partial charge >= 0.3 is 12.2 Å². The molecule has 3 aromatic rings. The van der Waals surface area contributed by atoms with E-state index in [4.69, 9.17) is 31.8 Å². The van der Waals surface area contributed by atoms with Crippen molar-refractivity contribution < 1.29 is 31.4 Å². The van der Waals surface area contributed by atoms with E-state index in [1.807, 2.05) is 6.92 Å². The highest BCUT2D eigenvalue weighted by atomic mass is 35.5. The van der Waals surface area contributed by atoms with Gasteiger partial charge in [0.2, 0.25) is 0 Å². The number of halogens is 6. The molecule has 0 aliphatic carbocycles. The van der Waals surface area contributed by atoms with Crippen molar-refractivity contribution in [3.05, 3.63) is 39.9 Å². The van der Waals surface area contributed by atoms with Gasteiger partial charge in [-0.15, -0.1) is 0 Å². The van der Waals surface area contributed by atoms with Crippen LogP contribution in [0.5, 0.6) is 11.8 Å². The first-order valence-electron chi connectivity index (χ1n) is 15.8. The summed E-state index contributed by atoms with van der Waals surface area (Å²) >= 11 is 6.87. The standard InChI is InChI=1S/C32H33ClF5N7O2/c1-14-8-19(39)41-25(22(14)32(36,37)38)20-23(33)28-21-26(24(20)35)42-30(46-13-31-6-3-7-44(31)11-16(9-31)10-34)43-29(21)45-12-17-4-5-18(40-17)27(45)15(2)47-28/h8,10,15,17-18,27,40H,3-7,9,11-13H2,1-2H3,(H2,39,41)/b16-10-/t15?,17-,18+,27?,31+/m1/s1. The lowest BCUT2D eigenvalue weighted by Gasteiger charge is -2.43. The first-order chi connectivity index (χ1) is 22.4. The molecule has 9 nitrogen and oxygen atoms in total. The largest absolute Gasteiger partial charge is 0.486 e. The number of rotatable bonds is 4. The van der Waals surface area contributed by atoms with E-state index in [0.29, 0.717) is 37.2 Å². The Hall–Kier alpha value is -3.49. The van der Waals surface area contributed by atoms with Crippen molar-refractivity contribution in [1.82, 2.24) is 25.2 Å². The van der Waals surface area contributed by atoms with Crippen LogP contribution in [0, 0.1) is 12.7 Å². The van der Waals surface area contributed by atoms with Crippen molar-refractivity contribution in [2.45, 2.75) is 81.9 Å². The molecule has 47 heavy (non-hydrogen) atoms. The SMILES string of the molecule is Cc1cc(N)nc(-c2c(Cl)c3c4c(nc(OC[C@@]56CCCN5C/C(=C\F)C6)nc4c2F)N2C[C@H]4CC[C@H](N4)C2C(C)O3)c1C(F)(F)F. The first kappa shape index (κ1) is 30.8. The molecule has 2 bridgehead atoms. The number of hydrogen-bond acceptors (Lipinski definition) is 9. The number of nitrogens with two attached hydrogens (primary N) is 1. The van der Waals surface area contributed by atoms with Gasteiger partial charge in [0.25, 0.3) is 0 Å². The number of aryl methyl sites for hydroxylation is 1. The fourth-order valence-corrected chi connectivity index (χ4v) is 8.93. The summed E-state index contributed by atoms with van der Waals surface area (Å²) in [5, 5.41) is 3.40. The quantitative estimate of drug-likeness (QED) is 0.324. The number of piperazine rings is 1. The topological polar surface area (TPSA) is 102 Å². The fraction of sp³-hybridized carbons (Fsp3) is 0.531. The zero-order valence-corrected chi connectivity index (χ0v) is 26.5. The summed E-state index contributed by atoms with van der Waals surface area (Å²) in [6, 6.07) is 0.877. The number of anilines is 2. The Morgan fingerprint density at radius 3 is 2.83 bits per heavy atom. The van der Waals surface area contributed by atoms with E-state index < -0.39 is 40.5 Å². The zero-order chi connectivity index (χ0) is 33.0. The maximum Gasteiger partial charge on any atom is 0.418 e. The van der Waals surface area contributed by atoms with E-state index >= 15 is 4.39 Å². The number of hydrogen-bond donors (Lipinski definition) is 2. The van der Waals surface area contributed by atoms with Crippen LogP contribution < -0.4 is 25.4 Å². The van der Waals surface area contributed by atoms with E-state index in [1.165, 1.54) is 6.92 Å². The number of fused-ring (bicyclic) bond motifs is 6. The third-order valence-electron chi connectivity index (χ3n) is 10.5. The second-order valence-corrected chi connectivity index (χ2v) is 13.8. The molecule has 4 saturated heterocycles. The van der Waals surface area contributed by atoms with E-state index in [-0.39, 0.29) is 63.8 Å². The van der Waals surface area contributed by atoms with Gasteiger partial charge in [-0.05, 0) is 69.7 Å². The van der Waals surface area contributed by atoms with Crippen LogP contribution in [-0.2, 0) is 6.18 Å². The van der Waals surface area contributed by atoms with Gasteiger partial charge in [0.05, 0.1) is 45.1 Å². The molecule has 250 valence electrons. The Morgan fingerprint density at radius 2 is 2.06 bits per heavy atom. The molecule has 7 heterocycles. The average molecular weight is 678 g/mol. The zero-order valence-electron chi connectivity index (χ0n) is 25.7. The van der Waals surface area contributed by atoms with Crippen LogP contribution in [0.4, 0.5) is 33.6 Å². The molecule has 0 spiro atoms. The molecule has 0 saturated carbocycles.